The SMILES string of the molecule is Cc1nsnc1C(=O)N[C@@H]1C[C@@H]2CC[C@H]1O2. The molecular formula is C10H13N3O2S. The first-order chi connectivity index (χ1) is 7.74. The number of hydrogen-bond donors (Lipinski definition) is 1. The number of nitrogens with one attached hydrogen (secondary N) is 1. The minimum Gasteiger partial charge on any atom is -0.373 e. The van der Waals surface area contributed by atoms with E-state index in [0.717, 1.165) is 31.0 Å². The van der Waals surface area contributed by atoms with Crippen LogP contribution in [0.3, 0.4) is 0 Å². The average molecular weight is 239 g/mol. The van der Waals surface area contributed by atoms with Gasteiger partial charge in [-0.1, -0.05) is 0 Å². The molecule has 3 heterocycles. The van der Waals surface area contributed by atoms with E-state index >= 15 is 0 Å². The Morgan fingerprint density at radius 3 is 2.94 bits per heavy atom. The molecule has 0 aliphatic carbocycles. The molecule has 1 aromatic heterocycles. The highest BCUT2D eigenvalue weighted by atomic mass is 32.1. The summed E-state index contributed by atoms with van der Waals surface area (Å²) in [6.45, 7) is 1.80. The van der Waals surface area contributed by atoms with E-state index in [0.29, 0.717) is 17.5 Å². The van der Waals surface area contributed by atoms with E-state index in [-0.39, 0.29) is 18.1 Å². The Balaban J connectivity index is 1.67. The summed E-state index contributed by atoms with van der Waals surface area (Å²) in [6.07, 6.45) is 3.69. The molecule has 16 heavy (non-hydrogen) atoms. The highest BCUT2D eigenvalue weighted by Gasteiger charge is 2.41. The van der Waals surface area contributed by atoms with Crippen LogP contribution in [0.25, 0.3) is 0 Å². The number of aromatic nitrogens is 2. The summed E-state index contributed by atoms with van der Waals surface area (Å²) >= 11 is 1.08. The molecule has 5 nitrogen and oxygen atoms in total. The number of fused-ring (bicyclic) bond motifs is 2. The quantitative estimate of drug-likeness (QED) is 0.832. The number of aryl methyl sites for hydroxylation is 1. The van der Waals surface area contributed by atoms with Crippen molar-refractivity contribution in [3.63, 3.8) is 0 Å². The van der Waals surface area contributed by atoms with Gasteiger partial charge >= 0.3 is 0 Å². The van der Waals surface area contributed by atoms with Gasteiger partial charge in [0.05, 0.1) is 35.7 Å². The topological polar surface area (TPSA) is 64.1 Å². The molecule has 0 saturated carbocycles. The third-order valence-corrected chi connectivity index (χ3v) is 3.91. The van der Waals surface area contributed by atoms with Crippen molar-refractivity contribution >= 4 is 17.6 Å². The van der Waals surface area contributed by atoms with E-state index in [9.17, 15) is 4.79 Å². The Bertz CT molecular complexity index is 420. The molecule has 2 aliphatic heterocycles. The molecule has 2 saturated heterocycles. The van der Waals surface area contributed by atoms with Crippen LogP contribution in [0.1, 0.15) is 35.4 Å². The first-order valence-electron chi connectivity index (χ1n) is 5.49. The summed E-state index contributed by atoms with van der Waals surface area (Å²) in [5.74, 6) is -0.118. The molecule has 3 rings (SSSR count). The zero-order valence-corrected chi connectivity index (χ0v) is 9.79. The van der Waals surface area contributed by atoms with Crippen molar-refractivity contribution in [3.8, 4) is 0 Å². The Morgan fingerprint density at radius 1 is 1.50 bits per heavy atom. The summed E-state index contributed by atoms with van der Waals surface area (Å²) in [5.41, 5.74) is 1.15. The molecule has 3 atom stereocenters. The second-order valence-corrected chi connectivity index (χ2v) is 4.92. The lowest BCUT2D eigenvalue weighted by atomic mass is 9.95. The second kappa shape index (κ2) is 3.78. The zero-order chi connectivity index (χ0) is 11.1. The van der Waals surface area contributed by atoms with Gasteiger partial charge in [0.25, 0.3) is 5.91 Å². The third-order valence-electron chi connectivity index (χ3n) is 3.29. The summed E-state index contributed by atoms with van der Waals surface area (Å²) in [6, 6.07) is 0.160. The molecule has 6 heteroatoms. The monoisotopic (exact) mass is 239 g/mol. The fourth-order valence-electron chi connectivity index (χ4n) is 2.46. The van der Waals surface area contributed by atoms with Gasteiger partial charge in [-0.15, -0.1) is 0 Å². The van der Waals surface area contributed by atoms with Gasteiger partial charge in [-0.25, -0.2) is 0 Å². The lowest BCUT2D eigenvalue weighted by Gasteiger charge is -2.19. The fourth-order valence-corrected chi connectivity index (χ4v) is 3.01. The van der Waals surface area contributed by atoms with Gasteiger partial charge in [0.1, 0.15) is 0 Å². The highest BCUT2D eigenvalue weighted by molar-refractivity contribution is 6.99. The first kappa shape index (κ1) is 10.2. The molecule has 2 bridgehead atoms. The van der Waals surface area contributed by atoms with Crippen LogP contribution in [0.15, 0.2) is 0 Å². The normalized spacial score (nSPS) is 31.9. The summed E-state index contributed by atoms with van der Waals surface area (Å²) in [4.78, 5) is 11.9. The molecule has 0 unspecified atom stereocenters. The lowest BCUT2D eigenvalue weighted by Crippen LogP contribution is -2.41. The van der Waals surface area contributed by atoms with E-state index in [1.165, 1.54) is 0 Å². The van der Waals surface area contributed by atoms with Crippen molar-refractivity contribution in [3.05, 3.63) is 11.4 Å². The van der Waals surface area contributed by atoms with E-state index in [2.05, 4.69) is 14.1 Å². The van der Waals surface area contributed by atoms with Gasteiger partial charge < -0.3 is 10.1 Å². The Labute approximate surface area is 97.5 Å². The van der Waals surface area contributed by atoms with Gasteiger partial charge in [-0.05, 0) is 26.2 Å². The lowest BCUT2D eigenvalue weighted by molar-refractivity contribution is 0.0837. The summed E-state index contributed by atoms with van der Waals surface area (Å²) in [5, 5.41) is 2.99. The predicted molar refractivity (Wildman–Crippen MR) is 58.4 cm³/mol. The minimum absolute atomic E-state index is 0.118. The van der Waals surface area contributed by atoms with Crippen molar-refractivity contribution < 1.29 is 9.53 Å². The van der Waals surface area contributed by atoms with Crippen molar-refractivity contribution in [2.45, 2.75) is 44.4 Å². The number of amides is 1. The van der Waals surface area contributed by atoms with Crippen LogP contribution < -0.4 is 5.32 Å². The van der Waals surface area contributed by atoms with Crippen LogP contribution >= 0.6 is 11.7 Å². The smallest absolute Gasteiger partial charge is 0.273 e. The largest absolute Gasteiger partial charge is 0.373 e. The van der Waals surface area contributed by atoms with Crippen LogP contribution in [0.5, 0.6) is 0 Å². The van der Waals surface area contributed by atoms with Gasteiger partial charge in [0.2, 0.25) is 0 Å². The number of carbonyl (C=O) groups excluding carboxylic acids is 1. The van der Waals surface area contributed by atoms with Gasteiger partial charge in [0, 0.05) is 0 Å². The zero-order valence-electron chi connectivity index (χ0n) is 8.97. The molecular weight excluding hydrogens is 226 g/mol. The van der Waals surface area contributed by atoms with E-state index in [1.807, 2.05) is 0 Å². The molecule has 0 radical (unpaired) electrons. The maximum absolute atomic E-state index is 11.9. The molecule has 0 aromatic carbocycles. The average Bonchev–Trinajstić information content (AvgIpc) is 2.92. The van der Waals surface area contributed by atoms with Crippen LogP contribution in [0.2, 0.25) is 0 Å². The van der Waals surface area contributed by atoms with Crippen molar-refractivity contribution in [1.29, 1.82) is 0 Å². The molecule has 2 fully saturated rings. The maximum atomic E-state index is 11.9. The Morgan fingerprint density at radius 2 is 2.38 bits per heavy atom. The molecule has 1 aromatic rings. The highest BCUT2D eigenvalue weighted by Crippen LogP contribution is 2.34. The van der Waals surface area contributed by atoms with E-state index in [1.54, 1.807) is 6.92 Å². The van der Waals surface area contributed by atoms with Crippen LogP contribution in [0, 0.1) is 6.92 Å². The van der Waals surface area contributed by atoms with Crippen molar-refractivity contribution in [1.82, 2.24) is 14.1 Å². The van der Waals surface area contributed by atoms with Crippen molar-refractivity contribution in [2.24, 2.45) is 0 Å². The maximum Gasteiger partial charge on any atom is 0.273 e. The van der Waals surface area contributed by atoms with Crippen LogP contribution in [0.4, 0.5) is 0 Å². The summed E-state index contributed by atoms with van der Waals surface area (Å²) in [7, 11) is 0. The third kappa shape index (κ3) is 1.62. The standard InChI is InChI=1S/C10H13N3O2S/c1-5-9(13-16-12-5)10(14)11-7-4-6-2-3-8(7)15-6/h6-8H,2-4H2,1H3,(H,11,14)/t6-,7+,8+/m0/s1. The number of nitrogens with zero attached hydrogens (tertiary/aromatic N) is 2. The first-order valence-corrected chi connectivity index (χ1v) is 6.22. The second-order valence-electron chi connectivity index (χ2n) is 4.39. The molecule has 0 spiro atoms. The van der Waals surface area contributed by atoms with E-state index < -0.39 is 0 Å². The Kier molecular flexibility index (Phi) is 2.40. The molecule has 1 amide bonds. The number of hydrogen-bond acceptors (Lipinski definition) is 5. The van der Waals surface area contributed by atoms with Crippen LogP contribution in [-0.4, -0.2) is 32.9 Å². The summed E-state index contributed by atoms with van der Waals surface area (Å²) < 4.78 is 13.7. The number of rotatable bonds is 2. The fraction of sp³-hybridized carbons (Fsp3) is 0.700. The number of carbonyl (C=O) groups is 1. The number of ether oxygens (including phenoxy) is 1. The van der Waals surface area contributed by atoms with Crippen molar-refractivity contribution in [2.75, 3.05) is 0 Å². The minimum atomic E-state index is -0.118. The molecule has 86 valence electrons. The van der Waals surface area contributed by atoms with Gasteiger partial charge in [0.15, 0.2) is 5.69 Å². The van der Waals surface area contributed by atoms with E-state index in [4.69, 9.17) is 4.74 Å². The van der Waals surface area contributed by atoms with Gasteiger partial charge in [-0.3, -0.25) is 4.79 Å². The van der Waals surface area contributed by atoms with Crippen LogP contribution in [-0.2, 0) is 4.74 Å². The molecule has 1 N–H and O–H groups in total. The Hall–Kier alpha value is -1.01. The molecule has 2 aliphatic rings. The van der Waals surface area contributed by atoms with Gasteiger partial charge in [-0.2, -0.15) is 8.75 Å². The predicted octanol–water partition coefficient (Wildman–Crippen LogP) is 0.896.